The smallest absolute Gasteiger partial charge is 0.191 e. The first-order chi connectivity index (χ1) is 12.3. The van der Waals surface area contributed by atoms with E-state index in [9.17, 15) is 0 Å². The predicted molar refractivity (Wildman–Crippen MR) is 120 cm³/mol. The van der Waals surface area contributed by atoms with Crippen molar-refractivity contribution in [2.75, 3.05) is 46.1 Å². The molecule has 5 nitrogen and oxygen atoms in total. The molecule has 6 heteroatoms. The molecule has 0 amide bonds. The molecule has 0 unspecified atom stereocenters. The van der Waals surface area contributed by atoms with Crippen LogP contribution in [0.15, 0.2) is 16.6 Å². The minimum atomic E-state index is 0. The Morgan fingerprint density at radius 3 is 2.73 bits per heavy atom. The van der Waals surface area contributed by atoms with Gasteiger partial charge in [0.05, 0.1) is 13.2 Å². The van der Waals surface area contributed by atoms with E-state index in [0.29, 0.717) is 5.41 Å². The van der Waals surface area contributed by atoms with Crippen LogP contribution in [0.5, 0.6) is 0 Å². The molecule has 1 saturated carbocycles. The summed E-state index contributed by atoms with van der Waals surface area (Å²) >= 11 is 0. The molecule has 0 saturated heterocycles. The Morgan fingerprint density at radius 2 is 2.08 bits per heavy atom. The Hall–Kier alpha value is -0.340. The maximum Gasteiger partial charge on any atom is 0.191 e. The van der Waals surface area contributed by atoms with Gasteiger partial charge in [-0.25, -0.2) is 0 Å². The normalized spacial score (nSPS) is 19.6. The average molecular weight is 479 g/mol. The van der Waals surface area contributed by atoms with Crippen molar-refractivity contribution in [3.8, 4) is 0 Å². The molecule has 0 radical (unpaired) electrons. The van der Waals surface area contributed by atoms with Gasteiger partial charge in [0.15, 0.2) is 5.96 Å². The lowest BCUT2D eigenvalue weighted by molar-refractivity contribution is 0.107. The van der Waals surface area contributed by atoms with Gasteiger partial charge in [-0.1, -0.05) is 24.5 Å². The molecular weight excluding hydrogens is 441 g/mol. The van der Waals surface area contributed by atoms with Crippen LogP contribution < -0.4 is 10.6 Å². The molecule has 0 spiro atoms. The van der Waals surface area contributed by atoms with Crippen molar-refractivity contribution in [3.63, 3.8) is 0 Å². The fraction of sp³-hybridized carbons (Fsp3) is 0.850. The quantitative estimate of drug-likeness (QED) is 0.164. The standard InChI is InChI=1S/C20H37N3O2.HI/c1-3-21-19(22-13-7-18-8-14-25-15-9-18)23-17-20(10-5-6-11-20)12-16-24-4-2;/h8H,3-7,9-17H2,1-2H3,(H2,21,22,23);1H. The maximum absolute atomic E-state index is 5.61. The van der Waals surface area contributed by atoms with E-state index in [0.717, 1.165) is 71.3 Å². The van der Waals surface area contributed by atoms with Gasteiger partial charge in [-0.2, -0.15) is 0 Å². The van der Waals surface area contributed by atoms with Crippen LogP contribution in [0, 0.1) is 5.41 Å². The number of nitrogens with one attached hydrogen (secondary N) is 2. The maximum atomic E-state index is 5.61. The van der Waals surface area contributed by atoms with Crippen molar-refractivity contribution in [2.45, 2.75) is 58.8 Å². The van der Waals surface area contributed by atoms with E-state index in [1.165, 1.54) is 31.3 Å². The molecule has 2 aliphatic rings. The summed E-state index contributed by atoms with van der Waals surface area (Å²) in [5, 5.41) is 6.89. The molecule has 2 N–H and O–H groups in total. The zero-order valence-corrected chi connectivity index (χ0v) is 19.0. The van der Waals surface area contributed by atoms with Crippen LogP contribution in [0.3, 0.4) is 0 Å². The van der Waals surface area contributed by atoms with Gasteiger partial charge in [0, 0.05) is 32.8 Å². The molecule has 1 aliphatic heterocycles. The molecule has 1 fully saturated rings. The number of aliphatic imine (C=N–C) groups is 1. The SMILES string of the molecule is CCNC(=NCC1(CCOCC)CCCC1)NCCC1=CCOCC1.I. The molecule has 0 aromatic rings. The number of guanidine groups is 1. The number of rotatable bonds is 10. The summed E-state index contributed by atoms with van der Waals surface area (Å²) in [5.41, 5.74) is 1.85. The van der Waals surface area contributed by atoms with Crippen LogP contribution in [-0.2, 0) is 9.47 Å². The Kier molecular flexibility index (Phi) is 12.6. The minimum absolute atomic E-state index is 0. The van der Waals surface area contributed by atoms with Crippen LogP contribution in [0.4, 0.5) is 0 Å². The van der Waals surface area contributed by atoms with Crippen molar-refractivity contribution >= 4 is 29.9 Å². The lowest BCUT2D eigenvalue weighted by atomic mass is 9.83. The second-order valence-electron chi connectivity index (χ2n) is 7.21. The molecule has 0 bridgehead atoms. The predicted octanol–water partition coefficient (Wildman–Crippen LogP) is 3.88. The summed E-state index contributed by atoms with van der Waals surface area (Å²) in [7, 11) is 0. The molecule has 0 atom stereocenters. The topological polar surface area (TPSA) is 54.9 Å². The monoisotopic (exact) mass is 479 g/mol. The van der Waals surface area contributed by atoms with Gasteiger partial charge in [-0.3, -0.25) is 4.99 Å². The lowest BCUT2D eigenvalue weighted by Crippen LogP contribution is -2.39. The summed E-state index contributed by atoms with van der Waals surface area (Å²) in [6.07, 6.45) is 10.7. The summed E-state index contributed by atoms with van der Waals surface area (Å²) in [6, 6.07) is 0. The molecule has 152 valence electrons. The van der Waals surface area contributed by atoms with E-state index in [2.05, 4.69) is 30.6 Å². The first kappa shape index (κ1) is 23.7. The van der Waals surface area contributed by atoms with Crippen LogP contribution in [0.25, 0.3) is 0 Å². The molecular formula is C20H38IN3O2. The second-order valence-corrected chi connectivity index (χ2v) is 7.21. The highest BCUT2D eigenvalue weighted by Gasteiger charge is 2.33. The van der Waals surface area contributed by atoms with E-state index in [1.807, 2.05) is 0 Å². The van der Waals surface area contributed by atoms with Crippen LogP contribution in [-0.4, -0.2) is 52.0 Å². The summed E-state index contributed by atoms with van der Waals surface area (Å²) < 4.78 is 11.0. The number of hydrogen-bond donors (Lipinski definition) is 2. The van der Waals surface area contributed by atoms with Gasteiger partial charge in [-0.15, -0.1) is 24.0 Å². The molecule has 1 heterocycles. The van der Waals surface area contributed by atoms with Gasteiger partial charge in [0.1, 0.15) is 0 Å². The summed E-state index contributed by atoms with van der Waals surface area (Å²) in [4.78, 5) is 4.92. The Morgan fingerprint density at radius 1 is 1.27 bits per heavy atom. The zero-order valence-electron chi connectivity index (χ0n) is 16.6. The van der Waals surface area contributed by atoms with Gasteiger partial charge >= 0.3 is 0 Å². The fourth-order valence-corrected chi connectivity index (χ4v) is 3.77. The lowest BCUT2D eigenvalue weighted by Gasteiger charge is -2.27. The number of hydrogen-bond acceptors (Lipinski definition) is 3. The third kappa shape index (κ3) is 8.57. The van der Waals surface area contributed by atoms with E-state index in [-0.39, 0.29) is 24.0 Å². The van der Waals surface area contributed by atoms with Gasteiger partial charge < -0.3 is 20.1 Å². The summed E-state index contributed by atoms with van der Waals surface area (Å²) in [6.45, 7) is 10.2. The third-order valence-electron chi connectivity index (χ3n) is 5.36. The third-order valence-corrected chi connectivity index (χ3v) is 5.36. The van der Waals surface area contributed by atoms with Crippen molar-refractivity contribution in [2.24, 2.45) is 10.4 Å². The van der Waals surface area contributed by atoms with Crippen LogP contribution >= 0.6 is 24.0 Å². The van der Waals surface area contributed by atoms with Gasteiger partial charge in [-0.05, 0) is 51.4 Å². The van der Waals surface area contributed by atoms with Gasteiger partial charge in [0.25, 0.3) is 0 Å². The van der Waals surface area contributed by atoms with E-state index in [1.54, 1.807) is 0 Å². The first-order valence-electron chi connectivity index (χ1n) is 10.1. The van der Waals surface area contributed by atoms with Crippen LogP contribution in [0.2, 0.25) is 0 Å². The Balaban J connectivity index is 0.00000338. The van der Waals surface area contributed by atoms with Crippen molar-refractivity contribution in [1.82, 2.24) is 10.6 Å². The zero-order chi connectivity index (χ0) is 17.8. The molecule has 26 heavy (non-hydrogen) atoms. The Labute approximate surface area is 176 Å². The van der Waals surface area contributed by atoms with Crippen LogP contribution in [0.1, 0.15) is 58.8 Å². The van der Waals surface area contributed by atoms with E-state index in [4.69, 9.17) is 14.5 Å². The highest BCUT2D eigenvalue weighted by atomic mass is 127. The van der Waals surface area contributed by atoms with Crippen molar-refractivity contribution < 1.29 is 9.47 Å². The Bertz CT molecular complexity index is 435. The summed E-state index contributed by atoms with van der Waals surface area (Å²) in [5.74, 6) is 0.956. The first-order valence-corrected chi connectivity index (χ1v) is 10.1. The average Bonchev–Trinajstić information content (AvgIpc) is 3.10. The number of nitrogens with zero attached hydrogens (tertiary/aromatic N) is 1. The second kappa shape index (κ2) is 13.8. The van der Waals surface area contributed by atoms with E-state index >= 15 is 0 Å². The minimum Gasteiger partial charge on any atom is -0.382 e. The number of halogens is 1. The highest BCUT2D eigenvalue weighted by molar-refractivity contribution is 14.0. The largest absolute Gasteiger partial charge is 0.382 e. The fourth-order valence-electron chi connectivity index (χ4n) is 3.77. The number of ether oxygens (including phenoxy) is 2. The van der Waals surface area contributed by atoms with Gasteiger partial charge in [0.2, 0.25) is 0 Å². The van der Waals surface area contributed by atoms with E-state index < -0.39 is 0 Å². The highest BCUT2D eigenvalue weighted by Crippen LogP contribution is 2.41. The molecule has 0 aromatic carbocycles. The van der Waals surface area contributed by atoms with Crippen molar-refractivity contribution in [1.29, 1.82) is 0 Å². The molecule has 2 rings (SSSR count). The molecule has 1 aliphatic carbocycles. The van der Waals surface area contributed by atoms with Crippen molar-refractivity contribution in [3.05, 3.63) is 11.6 Å². The molecule has 0 aromatic heterocycles.